The van der Waals surface area contributed by atoms with Gasteiger partial charge in [-0.1, -0.05) is 26.0 Å². The number of carbonyl (C=O) groups excluding carboxylic acids is 2. The number of anilines is 1. The smallest absolute Gasteiger partial charge is 0.342 e. The van der Waals surface area contributed by atoms with Gasteiger partial charge in [-0.3, -0.25) is 4.79 Å². The van der Waals surface area contributed by atoms with Crippen LogP contribution in [0.25, 0.3) is 0 Å². The van der Waals surface area contributed by atoms with Crippen LogP contribution in [0, 0.1) is 0 Å². The molecule has 0 aliphatic rings. The Hall–Kier alpha value is -3.02. The van der Waals surface area contributed by atoms with E-state index >= 15 is 0 Å². The standard InChI is InChI=1S/C21H25NO5/c1-5-14(2)15-6-8-16(9-7-15)22-20(23)13-27-21(24)18-11-10-17(25-3)12-19(18)26-4/h6-12,14H,5,13H2,1-4H3,(H,22,23)/t14-/m1/s1. The van der Waals surface area contributed by atoms with E-state index < -0.39 is 11.9 Å². The molecule has 1 amide bonds. The summed E-state index contributed by atoms with van der Waals surface area (Å²) in [5.41, 5.74) is 2.10. The SMILES string of the molecule is CC[C@@H](C)c1ccc(NC(=O)COC(=O)c2ccc(OC)cc2OC)cc1. The van der Waals surface area contributed by atoms with Crippen molar-refractivity contribution in [2.24, 2.45) is 0 Å². The van der Waals surface area contributed by atoms with Crippen LogP contribution in [0.1, 0.15) is 42.1 Å². The van der Waals surface area contributed by atoms with Gasteiger partial charge in [0.25, 0.3) is 5.91 Å². The Balaban J connectivity index is 1.92. The first-order valence-electron chi connectivity index (χ1n) is 8.77. The normalized spacial score (nSPS) is 11.4. The summed E-state index contributed by atoms with van der Waals surface area (Å²) in [6.45, 7) is 3.90. The van der Waals surface area contributed by atoms with E-state index in [0.717, 1.165) is 6.42 Å². The first-order chi connectivity index (χ1) is 13.0. The number of methoxy groups -OCH3 is 2. The maximum absolute atomic E-state index is 12.2. The Morgan fingerprint density at radius 1 is 1.04 bits per heavy atom. The van der Waals surface area contributed by atoms with E-state index in [1.54, 1.807) is 12.1 Å². The Bertz CT molecular complexity index is 786. The van der Waals surface area contributed by atoms with Crippen molar-refractivity contribution in [2.45, 2.75) is 26.2 Å². The predicted molar refractivity (Wildman–Crippen MR) is 104 cm³/mol. The minimum Gasteiger partial charge on any atom is -0.497 e. The van der Waals surface area contributed by atoms with E-state index in [1.807, 2.05) is 24.3 Å². The number of hydrogen-bond donors (Lipinski definition) is 1. The molecule has 2 aromatic rings. The van der Waals surface area contributed by atoms with E-state index in [9.17, 15) is 9.59 Å². The summed E-state index contributed by atoms with van der Waals surface area (Å²) in [5, 5.41) is 2.71. The predicted octanol–water partition coefficient (Wildman–Crippen LogP) is 4.01. The molecule has 0 spiro atoms. The van der Waals surface area contributed by atoms with E-state index in [2.05, 4.69) is 19.2 Å². The van der Waals surface area contributed by atoms with Crippen LogP contribution in [0.15, 0.2) is 42.5 Å². The molecular formula is C21H25NO5. The molecule has 0 unspecified atom stereocenters. The maximum Gasteiger partial charge on any atom is 0.342 e. The zero-order valence-corrected chi connectivity index (χ0v) is 16.1. The van der Waals surface area contributed by atoms with Gasteiger partial charge in [-0.25, -0.2) is 4.79 Å². The highest BCUT2D eigenvalue weighted by Crippen LogP contribution is 2.25. The van der Waals surface area contributed by atoms with E-state index in [-0.39, 0.29) is 12.2 Å². The summed E-state index contributed by atoms with van der Waals surface area (Å²) in [6, 6.07) is 12.4. The molecule has 27 heavy (non-hydrogen) atoms. The fourth-order valence-electron chi connectivity index (χ4n) is 2.50. The number of benzene rings is 2. The van der Waals surface area contributed by atoms with E-state index in [1.165, 1.54) is 25.8 Å². The summed E-state index contributed by atoms with van der Waals surface area (Å²) in [7, 11) is 2.97. The fourth-order valence-corrected chi connectivity index (χ4v) is 2.50. The number of carbonyl (C=O) groups is 2. The first-order valence-corrected chi connectivity index (χ1v) is 8.77. The molecule has 2 aromatic carbocycles. The zero-order chi connectivity index (χ0) is 19.8. The molecular weight excluding hydrogens is 346 g/mol. The van der Waals surface area contributed by atoms with Crippen molar-refractivity contribution in [3.8, 4) is 11.5 Å². The molecule has 0 radical (unpaired) electrons. The summed E-state index contributed by atoms with van der Waals surface area (Å²) in [6.07, 6.45) is 1.05. The van der Waals surface area contributed by atoms with Gasteiger partial charge in [0.05, 0.1) is 14.2 Å². The molecule has 0 bridgehead atoms. The van der Waals surface area contributed by atoms with Crippen LogP contribution in [0.4, 0.5) is 5.69 Å². The van der Waals surface area contributed by atoms with Gasteiger partial charge in [-0.2, -0.15) is 0 Å². The zero-order valence-electron chi connectivity index (χ0n) is 16.1. The van der Waals surface area contributed by atoms with Crippen LogP contribution in [-0.2, 0) is 9.53 Å². The minimum absolute atomic E-state index is 0.226. The second-order valence-corrected chi connectivity index (χ2v) is 6.12. The average molecular weight is 371 g/mol. The van der Waals surface area contributed by atoms with Crippen molar-refractivity contribution in [3.05, 3.63) is 53.6 Å². The molecule has 144 valence electrons. The Labute approximate surface area is 159 Å². The van der Waals surface area contributed by atoms with Crippen molar-refractivity contribution in [2.75, 3.05) is 26.1 Å². The number of hydrogen-bond acceptors (Lipinski definition) is 5. The molecule has 6 heteroatoms. The number of amides is 1. The third kappa shape index (κ3) is 5.48. The summed E-state index contributed by atoms with van der Waals surface area (Å²) in [5.74, 6) is 0.293. The van der Waals surface area contributed by atoms with Crippen molar-refractivity contribution in [1.82, 2.24) is 0 Å². The van der Waals surface area contributed by atoms with Crippen molar-refractivity contribution < 1.29 is 23.8 Å². The van der Waals surface area contributed by atoms with Gasteiger partial charge in [0.15, 0.2) is 6.61 Å². The first kappa shape index (κ1) is 20.3. The number of esters is 1. The van der Waals surface area contributed by atoms with Crippen molar-refractivity contribution >= 4 is 17.6 Å². The van der Waals surface area contributed by atoms with Crippen LogP contribution >= 0.6 is 0 Å². The lowest BCUT2D eigenvalue weighted by atomic mass is 9.99. The van der Waals surface area contributed by atoms with E-state index in [0.29, 0.717) is 23.1 Å². The molecule has 1 N–H and O–H groups in total. The third-order valence-corrected chi connectivity index (χ3v) is 4.34. The van der Waals surface area contributed by atoms with E-state index in [4.69, 9.17) is 14.2 Å². The maximum atomic E-state index is 12.2. The van der Waals surface area contributed by atoms with Gasteiger partial charge < -0.3 is 19.5 Å². The summed E-state index contributed by atoms with van der Waals surface area (Å²) < 4.78 is 15.3. The highest BCUT2D eigenvalue weighted by molar-refractivity contribution is 5.96. The van der Waals surface area contributed by atoms with Gasteiger partial charge in [0.2, 0.25) is 0 Å². The number of ether oxygens (including phenoxy) is 3. The molecule has 0 heterocycles. The minimum atomic E-state index is -0.642. The molecule has 0 aliphatic heterocycles. The molecule has 0 aliphatic carbocycles. The van der Waals surface area contributed by atoms with Gasteiger partial charge >= 0.3 is 5.97 Å². The highest BCUT2D eigenvalue weighted by atomic mass is 16.5. The third-order valence-electron chi connectivity index (χ3n) is 4.34. The molecule has 2 rings (SSSR count). The fraction of sp³-hybridized carbons (Fsp3) is 0.333. The van der Waals surface area contributed by atoms with Crippen LogP contribution in [0.3, 0.4) is 0 Å². The Morgan fingerprint density at radius 2 is 1.74 bits per heavy atom. The van der Waals surface area contributed by atoms with Gasteiger partial charge in [0.1, 0.15) is 17.1 Å². The van der Waals surface area contributed by atoms with Gasteiger partial charge in [-0.15, -0.1) is 0 Å². The Morgan fingerprint density at radius 3 is 2.33 bits per heavy atom. The van der Waals surface area contributed by atoms with Gasteiger partial charge in [-0.05, 0) is 42.2 Å². The second-order valence-electron chi connectivity index (χ2n) is 6.12. The van der Waals surface area contributed by atoms with Crippen LogP contribution in [0.5, 0.6) is 11.5 Å². The number of nitrogens with one attached hydrogen (secondary N) is 1. The summed E-state index contributed by atoms with van der Waals surface area (Å²) in [4.78, 5) is 24.2. The number of rotatable bonds is 8. The highest BCUT2D eigenvalue weighted by Gasteiger charge is 2.16. The Kier molecular flexibility index (Phi) is 7.23. The van der Waals surface area contributed by atoms with Crippen molar-refractivity contribution in [1.29, 1.82) is 0 Å². The summed E-state index contributed by atoms with van der Waals surface area (Å²) >= 11 is 0. The quantitative estimate of drug-likeness (QED) is 0.710. The van der Waals surface area contributed by atoms with Crippen LogP contribution in [-0.4, -0.2) is 32.7 Å². The monoisotopic (exact) mass is 371 g/mol. The molecule has 6 nitrogen and oxygen atoms in total. The molecule has 1 atom stereocenters. The molecule has 0 fully saturated rings. The van der Waals surface area contributed by atoms with Crippen LogP contribution in [0.2, 0.25) is 0 Å². The van der Waals surface area contributed by atoms with Gasteiger partial charge in [0, 0.05) is 11.8 Å². The van der Waals surface area contributed by atoms with Crippen LogP contribution < -0.4 is 14.8 Å². The largest absolute Gasteiger partial charge is 0.497 e. The molecule has 0 saturated heterocycles. The lowest BCUT2D eigenvalue weighted by molar-refractivity contribution is -0.119. The molecule has 0 aromatic heterocycles. The second kappa shape index (κ2) is 9.62. The molecule has 0 saturated carbocycles. The lowest BCUT2D eigenvalue weighted by Gasteiger charge is -2.12. The van der Waals surface area contributed by atoms with Crippen molar-refractivity contribution in [3.63, 3.8) is 0 Å². The average Bonchev–Trinajstić information content (AvgIpc) is 2.71. The topological polar surface area (TPSA) is 73.9 Å². The lowest BCUT2D eigenvalue weighted by Crippen LogP contribution is -2.21.